The molecule has 0 aliphatic carbocycles. The number of halogens is 5. The predicted octanol–water partition coefficient (Wildman–Crippen LogP) is 6.53. The Kier molecular flexibility index (Phi) is 7.21. The number of hydrogen-bond donors (Lipinski definition) is 1. The minimum Gasteiger partial charge on any atom is -0.364 e. The van der Waals surface area contributed by atoms with E-state index in [0.717, 1.165) is 18.2 Å². The van der Waals surface area contributed by atoms with Crippen molar-refractivity contribution in [1.82, 2.24) is 5.32 Å². The zero-order valence-corrected chi connectivity index (χ0v) is 17.4. The van der Waals surface area contributed by atoms with Crippen molar-refractivity contribution in [1.29, 1.82) is 0 Å². The molecule has 0 aromatic heterocycles. The Hall–Kier alpha value is -1.53. The second-order valence-electron chi connectivity index (χ2n) is 6.64. The number of rotatable bonds is 7. The van der Waals surface area contributed by atoms with Crippen LogP contribution in [0.5, 0.6) is 0 Å². The number of methoxy groups -OCH3 is 1. The average molecular weight is 432 g/mol. The van der Waals surface area contributed by atoms with E-state index in [0.29, 0.717) is 17.7 Å². The van der Waals surface area contributed by atoms with Gasteiger partial charge in [-0.3, -0.25) is 0 Å². The van der Waals surface area contributed by atoms with Crippen LogP contribution in [0.1, 0.15) is 28.7 Å². The maximum Gasteiger partial charge on any atom is 0.422 e. The Labute approximate surface area is 173 Å². The molecule has 2 aromatic carbocycles. The lowest BCUT2D eigenvalue weighted by atomic mass is 9.84. The van der Waals surface area contributed by atoms with Crippen LogP contribution in [0.3, 0.4) is 0 Å². The first-order valence-corrected chi connectivity index (χ1v) is 9.30. The molecule has 2 aromatic rings. The van der Waals surface area contributed by atoms with Crippen LogP contribution < -0.4 is 5.32 Å². The third-order valence-corrected chi connectivity index (χ3v) is 5.15. The molecule has 7 heteroatoms. The third kappa shape index (κ3) is 4.71. The second kappa shape index (κ2) is 8.87. The lowest BCUT2D eigenvalue weighted by molar-refractivity contribution is -0.274. The molecule has 2 rings (SSSR count). The summed E-state index contributed by atoms with van der Waals surface area (Å²) < 4.78 is 47.6. The van der Waals surface area contributed by atoms with E-state index < -0.39 is 18.2 Å². The fourth-order valence-electron chi connectivity index (χ4n) is 3.17. The number of ether oxygens (including phenoxy) is 1. The molecule has 1 atom stereocenters. The zero-order chi connectivity index (χ0) is 21.1. The molecule has 0 aliphatic rings. The van der Waals surface area contributed by atoms with Gasteiger partial charge in [0.05, 0.1) is 0 Å². The van der Waals surface area contributed by atoms with Gasteiger partial charge in [0.25, 0.3) is 0 Å². The van der Waals surface area contributed by atoms with E-state index in [4.69, 9.17) is 27.9 Å². The monoisotopic (exact) mass is 431 g/mol. The summed E-state index contributed by atoms with van der Waals surface area (Å²) in [6, 6.07) is 9.30. The Morgan fingerprint density at radius 3 is 2.18 bits per heavy atom. The van der Waals surface area contributed by atoms with Gasteiger partial charge in [-0.1, -0.05) is 48.0 Å². The van der Waals surface area contributed by atoms with E-state index in [2.05, 4.69) is 11.9 Å². The molecule has 0 amide bonds. The van der Waals surface area contributed by atoms with Crippen molar-refractivity contribution < 1.29 is 17.9 Å². The highest BCUT2D eigenvalue weighted by atomic mass is 35.5. The maximum atomic E-state index is 14.2. The largest absolute Gasteiger partial charge is 0.422 e. The number of aryl methyl sites for hydroxylation is 1. The number of benzene rings is 2. The van der Waals surface area contributed by atoms with Crippen molar-refractivity contribution in [2.45, 2.75) is 31.7 Å². The Morgan fingerprint density at radius 2 is 1.71 bits per heavy atom. The summed E-state index contributed by atoms with van der Waals surface area (Å²) in [5.41, 5.74) is 0.175. The molecule has 0 radical (unpaired) electrons. The van der Waals surface area contributed by atoms with Gasteiger partial charge in [0.2, 0.25) is 0 Å². The molecule has 152 valence electrons. The van der Waals surface area contributed by atoms with Crippen LogP contribution in [-0.2, 0) is 16.9 Å². The molecule has 1 unspecified atom stereocenters. The van der Waals surface area contributed by atoms with Crippen molar-refractivity contribution >= 4 is 28.8 Å². The zero-order valence-electron chi connectivity index (χ0n) is 15.9. The molecular formula is C21H22Cl2F3NO. The smallest absolute Gasteiger partial charge is 0.364 e. The first kappa shape index (κ1) is 22.8. The number of hydrogen-bond acceptors (Lipinski definition) is 2. The Balaban J connectivity index is 2.49. The van der Waals surface area contributed by atoms with E-state index in [9.17, 15) is 13.2 Å². The molecule has 0 spiro atoms. The van der Waals surface area contributed by atoms with Crippen LogP contribution in [0.15, 0.2) is 43.0 Å². The van der Waals surface area contributed by atoms with E-state index in [-0.39, 0.29) is 15.6 Å². The maximum absolute atomic E-state index is 14.2. The summed E-state index contributed by atoms with van der Waals surface area (Å²) in [5, 5.41) is 3.26. The normalized spacial score (nSPS) is 14.0. The van der Waals surface area contributed by atoms with Crippen molar-refractivity contribution in [3.63, 3.8) is 0 Å². The summed E-state index contributed by atoms with van der Waals surface area (Å²) >= 11 is 11.9. The van der Waals surface area contributed by atoms with Crippen LogP contribution in [-0.4, -0.2) is 20.3 Å². The van der Waals surface area contributed by atoms with Gasteiger partial charge in [0, 0.05) is 30.1 Å². The van der Waals surface area contributed by atoms with Crippen molar-refractivity contribution in [3.05, 3.63) is 75.3 Å². The molecule has 0 heterocycles. The lowest BCUT2D eigenvalue weighted by Gasteiger charge is -2.36. The summed E-state index contributed by atoms with van der Waals surface area (Å²) in [6.07, 6.45) is -5.20. The van der Waals surface area contributed by atoms with Crippen LogP contribution in [0.25, 0.3) is 5.57 Å². The minimum atomic E-state index is -4.71. The molecule has 0 saturated heterocycles. The van der Waals surface area contributed by atoms with E-state index in [1.807, 2.05) is 26.1 Å². The van der Waals surface area contributed by atoms with Crippen LogP contribution >= 0.6 is 23.2 Å². The number of alkyl halides is 3. The molecule has 2 nitrogen and oxygen atoms in total. The standard InChI is InChI=1S/C21H22Cl2F3NO/c1-13-7-15(5-6-16(13)12-27-3)14(2)11-20(28-4,21(24,25)26)17-8-18(22)10-19(23)9-17/h5-10,27H,2,11-12H2,1,3-4H3. The van der Waals surface area contributed by atoms with Crippen LogP contribution in [0.4, 0.5) is 13.2 Å². The number of nitrogens with one attached hydrogen (secondary N) is 1. The van der Waals surface area contributed by atoms with Crippen molar-refractivity contribution in [3.8, 4) is 0 Å². The van der Waals surface area contributed by atoms with Gasteiger partial charge in [-0.2, -0.15) is 13.2 Å². The van der Waals surface area contributed by atoms with Gasteiger partial charge in [0.15, 0.2) is 5.60 Å². The topological polar surface area (TPSA) is 21.3 Å². The molecule has 28 heavy (non-hydrogen) atoms. The molecule has 0 bridgehead atoms. The lowest BCUT2D eigenvalue weighted by Crippen LogP contribution is -2.44. The van der Waals surface area contributed by atoms with Gasteiger partial charge < -0.3 is 10.1 Å². The Bertz CT molecular complexity index is 847. The SMILES string of the molecule is C=C(CC(OC)(c1cc(Cl)cc(Cl)c1)C(F)(F)F)c1ccc(CNC)c(C)c1. The van der Waals surface area contributed by atoms with Gasteiger partial charge in [-0.05, 0) is 60.0 Å². The van der Waals surface area contributed by atoms with E-state index in [1.54, 1.807) is 6.07 Å². The fraction of sp³-hybridized carbons (Fsp3) is 0.333. The third-order valence-electron chi connectivity index (χ3n) is 4.72. The van der Waals surface area contributed by atoms with E-state index >= 15 is 0 Å². The molecular weight excluding hydrogens is 410 g/mol. The summed E-state index contributed by atoms with van der Waals surface area (Å²) in [7, 11) is 2.86. The highest BCUT2D eigenvalue weighted by Gasteiger charge is 2.57. The molecule has 0 aliphatic heterocycles. The molecule has 1 N–H and O–H groups in total. The van der Waals surface area contributed by atoms with Crippen molar-refractivity contribution in [2.24, 2.45) is 0 Å². The molecule has 0 saturated carbocycles. The van der Waals surface area contributed by atoms with Gasteiger partial charge in [-0.15, -0.1) is 0 Å². The highest BCUT2D eigenvalue weighted by molar-refractivity contribution is 6.34. The first-order chi connectivity index (χ1) is 13.0. The van der Waals surface area contributed by atoms with Crippen molar-refractivity contribution in [2.75, 3.05) is 14.2 Å². The summed E-state index contributed by atoms with van der Waals surface area (Å²) in [4.78, 5) is 0. The van der Waals surface area contributed by atoms with Gasteiger partial charge in [0.1, 0.15) is 0 Å². The van der Waals surface area contributed by atoms with Gasteiger partial charge in [-0.25, -0.2) is 0 Å². The summed E-state index contributed by atoms with van der Waals surface area (Å²) in [6.45, 7) is 6.48. The predicted molar refractivity (Wildman–Crippen MR) is 109 cm³/mol. The highest BCUT2D eigenvalue weighted by Crippen LogP contribution is 2.48. The average Bonchev–Trinajstić information content (AvgIpc) is 2.59. The fourth-order valence-corrected chi connectivity index (χ4v) is 3.69. The first-order valence-electron chi connectivity index (χ1n) is 8.55. The van der Waals surface area contributed by atoms with E-state index in [1.165, 1.54) is 18.2 Å². The van der Waals surface area contributed by atoms with Gasteiger partial charge >= 0.3 is 6.18 Å². The summed E-state index contributed by atoms with van der Waals surface area (Å²) in [5.74, 6) is 0. The second-order valence-corrected chi connectivity index (χ2v) is 7.51. The molecule has 0 fully saturated rings. The van der Waals surface area contributed by atoms with Crippen LogP contribution in [0.2, 0.25) is 10.0 Å². The van der Waals surface area contributed by atoms with Crippen LogP contribution in [0, 0.1) is 6.92 Å². The minimum absolute atomic E-state index is 0.103. The Morgan fingerprint density at radius 1 is 1.11 bits per heavy atom. The quantitative estimate of drug-likeness (QED) is 0.537.